The number of hydrogen-bond acceptors (Lipinski definition) is 11. The number of aliphatic hydroxyl groups is 4. The van der Waals surface area contributed by atoms with Gasteiger partial charge in [0, 0.05) is 6.07 Å². The minimum Gasteiger partial charge on any atom is -0.507 e. The number of aliphatic hydroxyl groups excluding tert-OH is 4. The second kappa shape index (κ2) is 8.11. The van der Waals surface area contributed by atoms with Gasteiger partial charge < -0.3 is 50.3 Å². The quantitative estimate of drug-likeness (QED) is 0.287. The smallest absolute Gasteiger partial charge is 0.174 e. The third-order valence-electron chi connectivity index (χ3n) is 5.75. The van der Waals surface area contributed by atoms with Gasteiger partial charge in [-0.25, -0.2) is 0 Å². The van der Waals surface area contributed by atoms with Crippen molar-refractivity contribution < 1.29 is 55.1 Å². The number of aromatic hydroxyl groups is 4. The van der Waals surface area contributed by atoms with Gasteiger partial charge in [0.1, 0.15) is 59.4 Å². The Morgan fingerprint density at radius 1 is 0.906 bits per heavy atom. The van der Waals surface area contributed by atoms with Gasteiger partial charge in [0.25, 0.3) is 0 Å². The number of benzene rings is 2. The summed E-state index contributed by atoms with van der Waals surface area (Å²) in [7, 11) is 0. The van der Waals surface area contributed by atoms with Gasteiger partial charge in [-0.05, 0) is 17.7 Å². The fourth-order valence-corrected chi connectivity index (χ4v) is 4.02. The van der Waals surface area contributed by atoms with Crippen LogP contribution in [-0.2, 0) is 4.74 Å². The van der Waals surface area contributed by atoms with Crippen LogP contribution in [0.4, 0.5) is 0 Å². The summed E-state index contributed by atoms with van der Waals surface area (Å²) in [6, 6.07) is 4.93. The van der Waals surface area contributed by atoms with E-state index in [1.165, 1.54) is 18.2 Å². The van der Waals surface area contributed by atoms with Crippen molar-refractivity contribution in [2.24, 2.45) is 0 Å². The summed E-state index contributed by atoms with van der Waals surface area (Å²) in [6.07, 6.45) is -9.14. The van der Waals surface area contributed by atoms with Gasteiger partial charge in [-0.3, -0.25) is 4.79 Å². The fourth-order valence-electron chi connectivity index (χ4n) is 4.02. The highest BCUT2D eigenvalue weighted by Gasteiger charge is 2.47. The zero-order valence-electron chi connectivity index (χ0n) is 16.5. The number of phenolic OH excluding ortho intramolecular Hbond substituents is 4. The summed E-state index contributed by atoms with van der Waals surface area (Å²) >= 11 is 0. The van der Waals surface area contributed by atoms with E-state index in [2.05, 4.69) is 0 Å². The van der Waals surface area contributed by atoms with Crippen molar-refractivity contribution in [2.75, 3.05) is 6.61 Å². The lowest BCUT2D eigenvalue weighted by molar-refractivity contribution is -0.232. The fraction of sp³-hybridized carbons (Fsp3) is 0.381. The van der Waals surface area contributed by atoms with Crippen molar-refractivity contribution in [2.45, 2.75) is 43.0 Å². The molecule has 0 aliphatic carbocycles. The van der Waals surface area contributed by atoms with Crippen molar-refractivity contribution in [3.8, 4) is 28.7 Å². The molecule has 11 heteroatoms. The summed E-state index contributed by atoms with van der Waals surface area (Å²) in [5.74, 6) is -2.85. The molecule has 2 aromatic carbocycles. The highest BCUT2D eigenvalue weighted by Crippen LogP contribution is 2.49. The van der Waals surface area contributed by atoms with Crippen molar-refractivity contribution >= 4 is 5.78 Å². The molecule has 2 aromatic rings. The molecule has 0 radical (unpaired) electrons. The number of fused-ring (bicyclic) bond motifs is 1. The molecule has 0 bridgehead atoms. The molecular weight excluding hydrogens is 428 g/mol. The van der Waals surface area contributed by atoms with E-state index in [0.717, 1.165) is 6.07 Å². The van der Waals surface area contributed by atoms with Gasteiger partial charge in [0.2, 0.25) is 0 Å². The first-order valence-electron chi connectivity index (χ1n) is 9.75. The molecule has 2 aliphatic heterocycles. The summed E-state index contributed by atoms with van der Waals surface area (Å²) < 4.78 is 11.1. The van der Waals surface area contributed by atoms with Crippen LogP contribution >= 0.6 is 0 Å². The molecule has 32 heavy (non-hydrogen) atoms. The van der Waals surface area contributed by atoms with Crippen LogP contribution in [-0.4, -0.2) is 77.7 Å². The van der Waals surface area contributed by atoms with Crippen LogP contribution in [0.2, 0.25) is 0 Å². The van der Waals surface area contributed by atoms with E-state index in [0.29, 0.717) is 5.56 Å². The molecule has 2 heterocycles. The molecule has 2 aliphatic rings. The number of Topliss-reactive ketones (excluding diaryl/α,β-unsaturated/α-hetero) is 1. The maximum absolute atomic E-state index is 12.8. The van der Waals surface area contributed by atoms with E-state index < -0.39 is 71.8 Å². The summed E-state index contributed by atoms with van der Waals surface area (Å²) in [6.45, 7) is -0.711. The van der Waals surface area contributed by atoms with E-state index in [1.807, 2.05) is 0 Å². The topological polar surface area (TPSA) is 197 Å². The van der Waals surface area contributed by atoms with E-state index in [-0.39, 0.29) is 23.5 Å². The number of hydrogen-bond donors (Lipinski definition) is 8. The van der Waals surface area contributed by atoms with Gasteiger partial charge in [-0.1, -0.05) is 6.07 Å². The SMILES string of the molecule is O=C1C[C@@H](c2ccc(O)c(O)c2)Oc2cc(O)c([C@@H]3OC(CO)[C@@H](O)[C@H](O)C3O)c(O)c21. The number of rotatable bonds is 3. The van der Waals surface area contributed by atoms with Gasteiger partial charge in [-0.15, -0.1) is 0 Å². The van der Waals surface area contributed by atoms with Crippen LogP contribution in [0.3, 0.4) is 0 Å². The molecule has 1 saturated heterocycles. The second-order valence-corrected chi connectivity index (χ2v) is 7.76. The van der Waals surface area contributed by atoms with Gasteiger partial charge in [0.05, 0.1) is 18.6 Å². The lowest BCUT2D eigenvalue weighted by Gasteiger charge is -2.40. The number of carbonyl (C=O) groups excluding carboxylic acids is 1. The molecule has 11 nitrogen and oxygen atoms in total. The van der Waals surface area contributed by atoms with Crippen LogP contribution in [0, 0.1) is 0 Å². The maximum atomic E-state index is 12.8. The Labute approximate surface area is 181 Å². The van der Waals surface area contributed by atoms with Crippen LogP contribution in [0.5, 0.6) is 28.7 Å². The normalized spacial score (nSPS) is 29.9. The average molecular weight is 450 g/mol. The average Bonchev–Trinajstić information content (AvgIpc) is 2.74. The van der Waals surface area contributed by atoms with Crippen molar-refractivity contribution in [3.05, 3.63) is 41.0 Å². The van der Waals surface area contributed by atoms with E-state index >= 15 is 0 Å². The summed E-state index contributed by atoms with van der Waals surface area (Å²) in [4.78, 5) is 12.8. The molecular formula is C21H22O11. The first-order valence-corrected chi connectivity index (χ1v) is 9.75. The Balaban J connectivity index is 1.72. The molecule has 0 amide bonds. The molecule has 0 spiro atoms. The number of carbonyl (C=O) groups is 1. The second-order valence-electron chi connectivity index (χ2n) is 7.76. The summed E-state index contributed by atoms with van der Waals surface area (Å²) in [5.41, 5.74) is -0.316. The Morgan fingerprint density at radius 2 is 1.62 bits per heavy atom. The molecule has 0 aromatic heterocycles. The highest BCUT2D eigenvalue weighted by atomic mass is 16.5. The lowest BCUT2D eigenvalue weighted by Crippen LogP contribution is -2.55. The van der Waals surface area contributed by atoms with E-state index in [4.69, 9.17) is 9.47 Å². The first-order chi connectivity index (χ1) is 15.1. The number of ether oxygens (including phenoxy) is 2. The predicted octanol–water partition coefficient (Wildman–Crippen LogP) is -0.270. The largest absolute Gasteiger partial charge is 0.507 e. The standard InChI is InChI=1S/C21H22O11/c22-6-14-17(27)19(29)20(30)21(32-14)16-11(26)5-13-15(18(16)28)10(25)4-12(31-13)7-1-2-8(23)9(24)3-7/h1-3,5,12,14,17,19-24,26-30H,4,6H2/t12-,14?,17+,19-,20?,21-/m0/s1. The van der Waals surface area contributed by atoms with Gasteiger partial charge >= 0.3 is 0 Å². The highest BCUT2D eigenvalue weighted by molar-refractivity contribution is 6.03. The van der Waals surface area contributed by atoms with Crippen LogP contribution < -0.4 is 4.74 Å². The van der Waals surface area contributed by atoms with E-state index in [9.17, 15) is 45.6 Å². The molecule has 2 unspecified atom stereocenters. The number of phenols is 4. The predicted molar refractivity (Wildman–Crippen MR) is 105 cm³/mol. The van der Waals surface area contributed by atoms with Crippen molar-refractivity contribution in [3.63, 3.8) is 0 Å². The van der Waals surface area contributed by atoms with Gasteiger partial charge in [-0.2, -0.15) is 0 Å². The van der Waals surface area contributed by atoms with Gasteiger partial charge in [0.15, 0.2) is 17.3 Å². The van der Waals surface area contributed by atoms with E-state index in [1.54, 1.807) is 0 Å². The molecule has 6 atom stereocenters. The van der Waals surface area contributed by atoms with Crippen LogP contribution in [0.25, 0.3) is 0 Å². The molecule has 4 rings (SSSR count). The molecule has 0 saturated carbocycles. The third kappa shape index (κ3) is 3.49. The van der Waals surface area contributed by atoms with Crippen LogP contribution in [0.15, 0.2) is 24.3 Å². The van der Waals surface area contributed by atoms with Crippen molar-refractivity contribution in [1.82, 2.24) is 0 Å². The Bertz CT molecular complexity index is 1050. The zero-order chi connectivity index (χ0) is 23.3. The number of ketones is 1. The Morgan fingerprint density at radius 3 is 2.28 bits per heavy atom. The Kier molecular flexibility index (Phi) is 5.61. The van der Waals surface area contributed by atoms with Crippen molar-refractivity contribution in [1.29, 1.82) is 0 Å². The van der Waals surface area contributed by atoms with Crippen LogP contribution in [0.1, 0.15) is 40.1 Å². The lowest BCUT2D eigenvalue weighted by atomic mass is 9.87. The minimum atomic E-state index is -1.78. The Hall–Kier alpha value is -3.09. The molecule has 8 N–H and O–H groups in total. The summed E-state index contributed by atoms with van der Waals surface area (Å²) in [5, 5.41) is 80.1. The third-order valence-corrected chi connectivity index (χ3v) is 5.75. The minimum absolute atomic E-state index is 0.165. The zero-order valence-corrected chi connectivity index (χ0v) is 16.5. The molecule has 172 valence electrons. The first kappa shape index (κ1) is 22.1. The monoisotopic (exact) mass is 450 g/mol. The maximum Gasteiger partial charge on any atom is 0.174 e. The molecule has 1 fully saturated rings.